The van der Waals surface area contributed by atoms with Gasteiger partial charge in [0, 0.05) is 5.57 Å². The normalized spacial score (nSPS) is 19.7. The second-order valence-corrected chi connectivity index (χ2v) is 10.9. The molecule has 10 heteroatoms. The van der Waals surface area contributed by atoms with Gasteiger partial charge in [-0.1, -0.05) is 48.2 Å². The number of carbonyl (C=O) groups is 2. The van der Waals surface area contributed by atoms with Crippen LogP contribution in [-0.4, -0.2) is 75.8 Å². The average Bonchev–Trinajstić information content (AvgIpc) is 3.32. The van der Waals surface area contributed by atoms with E-state index in [1.807, 2.05) is 37.3 Å². The third-order valence-electron chi connectivity index (χ3n) is 8.06. The summed E-state index contributed by atoms with van der Waals surface area (Å²) >= 11 is 0. The molecule has 230 valence electrons. The maximum atomic E-state index is 14.1. The maximum absolute atomic E-state index is 14.1. The highest BCUT2D eigenvalue weighted by molar-refractivity contribution is 6.46. The van der Waals surface area contributed by atoms with Gasteiger partial charge in [0.1, 0.15) is 32.9 Å². The molecule has 6 rings (SSSR count). The van der Waals surface area contributed by atoms with Crippen molar-refractivity contribution in [3.8, 4) is 23.0 Å². The van der Waals surface area contributed by atoms with Crippen LogP contribution < -0.4 is 29.0 Å². The minimum Gasteiger partial charge on any atom is -0.872 e. The van der Waals surface area contributed by atoms with Gasteiger partial charge in [-0.3, -0.25) is 9.59 Å². The Morgan fingerprint density at radius 3 is 2.45 bits per heavy atom. The molecule has 1 atom stereocenters. The summed E-state index contributed by atoms with van der Waals surface area (Å²) in [6.45, 7) is 7.22. The first-order valence-corrected chi connectivity index (χ1v) is 15.0. The predicted molar refractivity (Wildman–Crippen MR) is 159 cm³/mol. The van der Waals surface area contributed by atoms with Gasteiger partial charge in [-0.15, -0.1) is 0 Å². The van der Waals surface area contributed by atoms with Gasteiger partial charge in [0.2, 0.25) is 5.78 Å². The number of nitrogens with one attached hydrogen (secondary N) is 1. The van der Waals surface area contributed by atoms with Crippen LogP contribution in [0.25, 0.3) is 5.76 Å². The molecule has 1 unspecified atom stereocenters. The van der Waals surface area contributed by atoms with Crippen LogP contribution in [0.3, 0.4) is 0 Å². The largest absolute Gasteiger partial charge is 0.872 e. The Morgan fingerprint density at radius 1 is 0.909 bits per heavy atom. The summed E-state index contributed by atoms with van der Waals surface area (Å²) in [4.78, 5) is 29.9. The van der Waals surface area contributed by atoms with Gasteiger partial charge in [0.15, 0.2) is 23.0 Å². The van der Waals surface area contributed by atoms with E-state index in [-0.39, 0.29) is 11.1 Å². The summed E-state index contributed by atoms with van der Waals surface area (Å²) in [5, 5.41) is 14.1. The van der Waals surface area contributed by atoms with Crippen LogP contribution in [-0.2, 0) is 20.9 Å². The number of amides is 1. The number of hydrogen-bond acceptors (Lipinski definition) is 8. The van der Waals surface area contributed by atoms with Crippen LogP contribution in [0.4, 0.5) is 0 Å². The number of morpholine rings is 1. The standard InChI is InChI=1S/C34H36N2O8/c1-2-41-28-20-24(8-10-27(28)44-22-23-6-4-3-5-7-23)31-30(32(37)25-9-11-26-29(21-25)43-19-18-42-26)33(38)34(39)36(31)13-12-35-14-16-40-17-15-35/h3-11,20-21,31,37H,2,12-19,22H2,1H3. The number of likely N-dealkylation sites (tertiary alicyclic amines) is 1. The van der Waals surface area contributed by atoms with Crippen molar-refractivity contribution < 1.29 is 43.3 Å². The molecule has 1 N–H and O–H groups in total. The molecule has 0 spiro atoms. The zero-order chi connectivity index (χ0) is 30.5. The van der Waals surface area contributed by atoms with Crippen LogP contribution in [0, 0.1) is 0 Å². The number of rotatable bonds is 10. The smallest absolute Gasteiger partial charge is 0.295 e. The number of quaternary nitrogens is 1. The second-order valence-electron chi connectivity index (χ2n) is 10.9. The van der Waals surface area contributed by atoms with E-state index in [1.165, 1.54) is 9.80 Å². The first-order chi connectivity index (χ1) is 21.5. The van der Waals surface area contributed by atoms with Crippen molar-refractivity contribution in [2.24, 2.45) is 0 Å². The lowest BCUT2D eigenvalue weighted by molar-refractivity contribution is -0.907. The van der Waals surface area contributed by atoms with Gasteiger partial charge < -0.3 is 38.6 Å². The number of nitrogens with zero attached hydrogens (tertiary/aromatic N) is 1. The van der Waals surface area contributed by atoms with Crippen LogP contribution in [0.15, 0.2) is 72.3 Å². The third-order valence-corrected chi connectivity index (χ3v) is 8.06. The molecular formula is C34H36N2O8. The van der Waals surface area contributed by atoms with E-state index in [1.54, 1.807) is 36.4 Å². The fraction of sp³-hybridized carbons (Fsp3) is 0.353. The molecule has 3 aromatic rings. The molecule has 0 aliphatic carbocycles. The average molecular weight is 601 g/mol. The van der Waals surface area contributed by atoms with Gasteiger partial charge in [-0.05, 0) is 47.9 Å². The van der Waals surface area contributed by atoms with Crippen molar-refractivity contribution in [1.29, 1.82) is 0 Å². The Labute approximate surface area is 256 Å². The Bertz CT molecular complexity index is 1530. The molecule has 0 aromatic heterocycles. The highest BCUT2D eigenvalue weighted by Crippen LogP contribution is 2.42. The van der Waals surface area contributed by atoms with Gasteiger partial charge in [-0.25, -0.2) is 0 Å². The Kier molecular flexibility index (Phi) is 8.99. The monoisotopic (exact) mass is 600 g/mol. The van der Waals surface area contributed by atoms with E-state index in [9.17, 15) is 14.7 Å². The number of fused-ring (bicyclic) bond motifs is 1. The Balaban J connectivity index is 1.37. The molecule has 2 saturated heterocycles. The SMILES string of the molecule is CCOc1cc(C2C(=C([O-])c3ccc4c(c3)OCCO4)C(=O)C(=O)N2CC[NH+]2CCOCC2)ccc1OCc1ccccc1. The molecule has 0 saturated carbocycles. The van der Waals surface area contributed by atoms with Crippen LogP contribution >= 0.6 is 0 Å². The molecule has 1 amide bonds. The van der Waals surface area contributed by atoms with Crippen molar-refractivity contribution in [3.05, 3.63) is 89.0 Å². The van der Waals surface area contributed by atoms with Crippen molar-refractivity contribution in [2.45, 2.75) is 19.6 Å². The van der Waals surface area contributed by atoms with E-state index in [4.69, 9.17) is 23.7 Å². The fourth-order valence-electron chi connectivity index (χ4n) is 5.79. The zero-order valence-electron chi connectivity index (χ0n) is 24.7. The molecule has 3 aliphatic rings. The quantitative estimate of drug-likeness (QED) is 0.212. The minimum absolute atomic E-state index is 0.0935. The minimum atomic E-state index is -0.890. The predicted octanol–water partition coefficient (Wildman–Crippen LogP) is 1.57. The molecule has 0 radical (unpaired) electrons. The van der Waals surface area contributed by atoms with Crippen molar-refractivity contribution in [1.82, 2.24) is 4.90 Å². The van der Waals surface area contributed by atoms with Crippen LogP contribution in [0.1, 0.15) is 29.7 Å². The molecule has 3 aliphatic heterocycles. The molecular weight excluding hydrogens is 564 g/mol. The van der Waals surface area contributed by atoms with Crippen molar-refractivity contribution >= 4 is 17.4 Å². The summed E-state index contributed by atoms with van der Waals surface area (Å²) < 4.78 is 28.8. The topological polar surface area (TPSA) is 111 Å². The van der Waals surface area contributed by atoms with E-state index in [0.29, 0.717) is 81.3 Å². The number of Topliss-reactive ketones (excluding diaryl/α,β-unsaturated/α-hetero) is 1. The highest BCUT2D eigenvalue weighted by atomic mass is 16.6. The first-order valence-electron chi connectivity index (χ1n) is 15.0. The van der Waals surface area contributed by atoms with Gasteiger partial charge in [0.25, 0.3) is 5.91 Å². The number of benzene rings is 3. The van der Waals surface area contributed by atoms with Crippen LogP contribution in [0.5, 0.6) is 23.0 Å². The summed E-state index contributed by atoms with van der Waals surface area (Å²) in [6.07, 6.45) is 0. The zero-order valence-corrected chi connectivity index (χ0v) is 24.7. The van der Waals surface area contributed by atoms with E-state index < -0.39 is 23.5 Å². The number of hydrogen-bond donors (Lipinski definition) is 1. The van der Waals surface area contributed by atoms with E-state index in [0.717, 1.165) is 18.7 Å². The van der Waals surface area contributed by atoms with Crippen molar-refractivity contribution in [2.75, 3.05) is 59.2 Å². The molecule has 10 nitrogen and oxygen atoms in total. The Hall–Kier alpha value is -4.54. The third kappa shape index (κ3) is 6.22. The summed E-state index contributed by atoms with van der Waals surface area (Å²) in [5.41, 5.74) is 1.76. The first kappa shape index (κ1) is 29.5. The molecule has 0 bridgehead atoms. The summed E-state index contributed by atoms with van der Waals surface area (Å²) in [5.74, 6) is -0.0427. The van der Waals surface area contributed by atoms with E-state index >= 15 is 0 Å². The number of ketones is 1. The fourth-order valence-corrected chi connectivity index (χ4v) is 5.79. The number of carbonyl (C=O) groups excluding carboxylic acids is 2. The Morgan fingerprint density at radius 2 is 1.68 bits per heavy atom. The lowest BCUT2D eigenvalue weighted by Crippen LogP contribution is -3.14. The van der Waals surface area contributed by atoms with E-state index in [2.05, 4.69) is 0 Å². The van der Waals surface area contributed by atoms with Crippen molar-refractivity contribution in [3.63, 3.8) is 0 Å². The summed E-state index contributed by atoms with van der Waals surface area (Å²) in [7, 11) is 0. The van der Waals surface area contributed by atoms with Gasteiger partial charge >= 0.3 is 0 Å². The van der Waals surface area contributed by atoms with Crippen LogP contribution in [0.2, 0.25) is 0 Å². The maximum Gasteiger partial charge on any atom is 0.295 e. The molecule has 2 fully saturated rings. The summed E-state index contributed by atoms with van der Waals surface area (Å²) in [6, 6.07) is 19.1. The molecule has 3 aromatic carbocycles. The highest BCUT2D eigenvalue weighted by Gasteiger charge is 2.45. The lowest BCUT2D eigenvalue weighted by Gasteiger charge is -2.30. The number of ether oxygens (including phenoxy) is 5. The second kappa shape index (κ2) is 13.4. The van der Waals surface area contributed by atoms with Gasteiger partial charge in [0.05, 0.1) is 39.0 Å². The van der Waals surface area contributed by atoms with Gasteiger partial charge in [-0.2, -0.15) is 0 Å². The molecule has 44 heavy (non-hydrogen) atoms. The molecule has 3 heterocycles. The lowest BCUT2D eigenvalue weighted by atomic mass is 9.94.